The van der Waals surface area contributed by atoms with E-state index in [1.807, 2.05) is 25.1 Å². The van der Waals surface area contributed by atoms with Crippen LogP contribution in [0.25, 0.3) is 11.1 Å². The number of hydrogen-bond donors (Lipinski definition) is 1. The third-order valence-corrected chi connectivity index (χ3v) is 7.80. The smallest absolute Gasteiger partial charge is 0.283 e. The topological polar surface area (TPSA) is 89.9 Å². The van der Waals surface area contributed by atoms with E-state index in [0.717, 1.165) is 47.3 Å². The highest BCUT2D eigenvalue weighted by Crippen LogP contribution is 2.53. The fourth-order valence-electron chi connectivity index (χ4n) is 5.95. The first-order chi connectivity index (χ1) is 16.0. The summed E-state index contributed by atoms with van der Waals surface area (Å²) in [7, 11) is 0. The predicted molar refractivity (Wildman–Crippen MR) is 125 cm³/mol. The number of aryl methyl sites for hydroxylation is 1. The van der Waals surface area contributed by atoms with Crippen LogP contribution in [0, 0.1) is 24.2 Å². The van der Waals surface area contributed by atoms with Crippen LogP contribution in [0.2, 0.25) is 0 Å². The van der Waals surface area contributed by atoms with Crippen molar-refractivity contribution < 1.29 is 14.2 Å². The Bertz CT molecular complexity index is 1170. The summed E-state index contributed by atoms with van der Waals surface area (Å²) in [5.74, 6) is 1.00. The van der Waals surface area contributed by atoms with Crippen molar-refractivity contribution in [1.29, 1.82) is 5.26 Å². The third-order valence-electron chi connectivity index (χ3n) is 7.80. The van der Waals surface area contributed by atoms with Gasteiger partial charge in [0, 0.05) is 11.5 Å². The number of fused-ring (bicyclic) bond motifs is 4. The van der Waals surface area contributed by atoms with Crippen molar-refractivity contribution in [2.24, 2.45) is 16.6 Å². The van der Waals surface area contributed by atoms with Crippen LogP contribution in [0.15, 0.2) is 41.4 Å². The van der Waals surface area contributed by atoms with Crippen molar-refractivity contribution in [1.82, 2.24) is 0 Å². The van der Waals surface area contributed by atoms with Gasteiger partial charge < -0.3 is 19.9 Å². The molecule has 170 valence electrons. The van der Waals surface area contributed by atoms with E-state index in [1.54, 1.807) is 0 Å². The van der Waals surface area contributed by atoms with Gasteiger partial charge in [-0.05, 0) is 86.4 Å². The Kier molecular flexibility index (Phi) is 4.84. The van der Waals surface area contributed by atoms with Crippen molar-refractivity contribution in [3.8, 4) is 22.9 Å². The molecule has 2 aromatic rings. The van der Waals surface area contributed by atoms with Gasteiger partial charge in [-0.3, -0.25) is 0 Å². The van der Waals surface area contributed by atoms with Crippen molar-refractivity contribution in [2.75, 3.05) is 6.61 Å². The van der Waals surface area contributed by atoms with Crippen molar-refractivity contribution in [3.63, 3.8) is 0 Å². The molecule has 2 N–H and O–H groups in total. The largest absolute Gasteiger partial charge is 0.490 e. The molecule has 1 spiro atoms. The van der Waals surface area contributed by atoms with Gasteiger partial charge in [-0.1, -0.05) is 12.1 Å². The highest BCUT2D eigenvalue weighted by atomic mass is 16.5. The minimum Gasteiger partial charge on any atom is -0.490 e. The van der Waals surface area contributed by atoms with Gasteiger partial charge in [0.1, 0.15) is 24.0 Å². The van der Waals surface area contributed by atoms with Gasteiger partial charge in [0.25, 0.3) is 6.02 Å². The zero-order chi connectivity index (χ0) is 22.6. The average molecular weight is 444 g/mol. The number of nitrogens with two attached hydrogens (primary N) is 1. The van der Waals surface area contributed by atoms with Gasteiger partial charge in [-0.2, -0.15) is 5.26 Å². The quantitative estimate of drug-likeness (QED) is 0.750. The van der Waals surface area contributed by atoms with Crippen LogP contribution in [0.5, 0.6) is 5.75 Å². The van der Waals surface area contributed by atoms with Gasteiger partial charge in [-0.15, -0.1) is 0 Å². The summed E-state index contributed by atoms with van der Waals surface area (Å²) in [6.07, 6.45) is 7.20. The van der Waals surface area contributed by atoms with Crippen LogP contribution in [0.4, 0.5) is 0 Å². The summed E-state index contributed by atoms with van der Waals surface area (Å²) in [5, 5.41) is 9.43. The van der Waals surface area contributed by atoms with E-state index >= 15 is 0 Å². The van der Waals surface area contributed by atoms with Crippen LogP contribution < -0.4 is 10.5 Å². The molecule has 6 rings (SSSR count). The monoisotopic (exact) mass is 443 g/mol. The van der Waals surface area contributed by atoms with Crippen molar-refractivity contribution in [3.05, 3.63) is 53.1 Å². The lowest BCUT2D eigenvalue weighted by Crippen LogP contribution is -2.52. The SMILES string of the molecule is Cc1cc(C#N)cc(-c2ccc3c(c2)[C@]2(COC(N)=N2)[C@H]2C[C@@H](OC4CCC4)CCC2O3)c1. The molecule has 2 fully saturated rings. The second kappa shape index (κ2) is 7.78. The molecule has 2 aliphatic heterocycles. The van der Waals surface area contributed by atoms with Gasteiger partial charge in [0.15, 0.2) is 0 Å². The Morgan fingerprint density at radius 3 is 2.70 bits per heavy atom. The molecule has 0 radical (unpaired) electrons. The van der Waals surface area contributed by atoms with Crippen molar-refractivity contribution >= 4 is 6.02 Å². The number of nitriles is 1. The number of aliphatic imine (C=N–C) groups is 1. The molecule has 0 aromatic heterocycles. The van der Waals surface area contributed by atoms with Crippen molar-refractivity contribution in [2.45, 2.75) is 69.3 Å². The zero-order valence-electron chi connectivity index (χ0n) is 18.9. The number of amidine groups is 1. The number of ether oxygens (including phenoxy) is 3. The summed E-state index contributed by atoms with van der Waals surface area (Å²) < 4.78 is 18.7. The molecule has 1 unspecified atom stereocenters. The van der Waals surface area contributed by atoms with Crippen LogP contribution in [-0.2, 0) is 15.0 Å². The fraction of sp³-hybridized carbons (Fsp3) is 0.481. The van der Waals surface area contributed by atoms with Crippen LogP contribution in [-0.4, -0.2) is 30.9 Å². The van der Waals surface area contributed by atoms with E-state index in [9.17, 15) is 5.26 Å². The lowest BCUT2D eigenvalue weighted by atomic mass is 9.67. The molecule has 0 amide bonds. The van der Waals surface area contributed by atoms with E-state index in [2.05, 4.69) is 24.3 Å². The van der Waals surface area contributed by atoms with Crippen LogP contribution in [0.3, 0.4) is 0 Å². The molecule has 0 saturated heterocycles. The Balaban J connectivity index is 1.41. The average Bonchev–Trinajstić information content (AvgIpc) is 3.18. The van der Waals surface area contributed by atoms with Gasteiger partial charge >= 0.3 is 0 Å². The molecule has 2 saturated carbocycles. The Labute approximate surface area is 194 Å². The van der Waals surface area contributed by atoms with E-state index < -0.39 is 5.54 Å². The minimum atomic E-state index is -0.568. The maximum absolute atomic E-state index is 9.43. The predicted octanol–water partition coefficient (Wildman–Crippen LogP) is 4.57. The molecular formula is C27H29N3O3. The molecule has 2 aliphatic carbocycles. The molecule has 0 bridgehead atoms. The summed E-state index contributed by atoms with van der Waals surface area (Å²) in [6, 6.07) is 14.7. The standard InChI is InChI=1S/C27H29N3O3/c1-16-9-17(14-28)11-19(10-16)18-5-7-24-22(12-18)27(15-31-26(29)30-27)23-13-21(6-8-25(23)33-24)32-20-3-2-4-20/h5,7,9-12,20-21,23,25H,2-4,6,8,13,15H2,1H3,(H2,29,30)/t21-,23-,25?,27+/m0/s1. The molecule has 4 aliphatic rings. The molecule has 6 nitrogen and oxygen atoms in total. The molecule has 2 heterocycles. The maximum atomic E-state index is 9.43. The molecular weight excluding hydrogens is 414 g/mol. The fourth-order valence-corrected chi connectivity index (χ4v) is 5.95. The summed E-state index contributed by atoms with van der Waals surface area (Å²) in [4.78, 5) is 4.92. The van der Waals surface area contributed by atoms with E-state index in [-0.39, 0.29) is 24.1 Å². The molecule has 33 heavy (non-hydrogen) atoms. The zero-order valence-corrected chi connectivity index (χ0v) is 18.9. The Hall–Kier alpha value is -3.04. The first-order valence-corrected chi connectivity index (χ1v) is 12.0. The van der Waals surface area contributed by atoms with Gasteiger partial charge in [0.05, 0.1) is 23.8 Å². The number of hydrogen-bond acceptors (Lipinski definition) is 6. The minimum absolute atomic E-state index is 0.0759. The van der Waals surface area contributed by atoms with E-state index in [1.165, 1.54) is 19.3 Å². The highest BCUT2D eigenvalue weighted by Gasteiger charge is 2.56. The second-order valence-electron chi connectivity index (χ2n) is 9.96. The third kappa shape index (κ3) is 3.46. The van der Waals surface area contributed by atoms with Crippen LogP contribution in [0.1, 0.15) is 55.2 Å². The second-order valence-corrected chi connectivity index (χ2v) is 9.96. The number of rotatable bonds is 3. The van der Waals surface area contributed by atoms with E-state index in [0.29, 0.717) is 18.3 Å². The van der Waals surface area contributed by atoms with E-state index in [4.69, 9.17) is 24.9 Å². The Morgan fingerprint density at radius 1 is 1.09 bits per heavy atom. The highest BCUT2D eigenvalue weighted by molar-refractivity contribution is 5.76. The first-order valence-electron chi connectivity index (χ1n) is 12.0. The Morgan fingerprint density at radius 2 is 1.97 bits per heavy atom. The summed E-state index contributed by atoms with van der Waals surface area (Å²) in [5.41, 5.74) is 10.3. The summed E-state index contributed by atoms with van der Waals surface area (Å²) in [6.45, 7) is 2.44. The first kappa shape index (κ1) is 20.6. The summed E-state index contributed by atoms with van der Waals surface area (Å²) >= 11 is 0. The lowest BCUT2D eigenvalue weighted by molar-refractivity contribution is -0.106. The number of nitrogens with zero attached hydrogens (tertiary/aromatic N) is 2. The number of benzene rings is 2. The normalized spacial score (nSPS) is 30.3. The lowest BCUT2D eigenvalue weighted by Gasteiger charge is -2.48. The van der Waals surface area contributed by atoms with Crippen LogP contribution >= 0.6 is 0 Å². The van der Waals surface area contributed by atoms with Gasteiger partial charge in [-0.25, -0.2) is 4.99 Å². The molecule has 2 aromatic carbocycles. The van der Waals surface area contributed by atoms with Gasteiger partial charge in [0.2, 0.25) is 0 Å². The molecule has 4 atom stereocenters. The maximum Gasteiger partial charge on any atom is 0.283 e. The molecule has 6 heteroatoms.